The molecule has 37 heavy (non-hydrogen) atoms. The maximum Gasteiger partial charge on any atom is 0.254 e. The van der Waals surface area contributed by atoms with E-state index in [1.807, 2.05) is 60.4 Å². The minimum Gasteiger partial charge on any atom is -0.497 e. The molecular weight excluding hydrogens is 480 g/mol. The van der Waals surface area contributed by atoms with Crippen molar-refractivity contribution in [1.29, 1.82) is 0 Å². The number of hydrogen-bond donors (Lipinski definition) is 0. The van der Waals surface area contributed by atoms with E-state index >= 15 is 0 Å². The van der Waals surface area contributed by atoms with E-state index in [4.69, 9.17) is 4.74 Å². The van der Waals surface area contributed by atoms with Gasteiger partial charge in [0.05, 0.1) is 13.2 Å². The van der Waals surface area contributed by atoms with Crippen molar-refractivity contribution in [1.82, 2.24) is 9.80 Å². The van der Waals surface area contributed by atoms with E-state index < -0.39 is 0 Å². The molecule has 0 bridgehead atoms. The van der Waals surface area contributed by atoms with Crippen LogP contribution >= 0.6 is 11.3 Å². The lowest BCUT2D eigenvalue weighted by atomic mass is 9.86. The quantitative estimate of drug-likeness (QED) is 0.360. The molecule has 6 heteroatoms. The molecular formula is C31H38N2O3S. The Bertz CT molecular complexity index is 1220. The van der Waals surface area contributed by atoms with Crippen molar-refractivity contribution >= 4 is 23.2 Å². The summed E-state index contributed by atoms with van der Waals surface area (Å²) in [6.07, 6.45) is 1.60. The molecule has 0 fully saturated rings. The van der Waals surface area contributed by atoms with Crippen LogP contribution in [0.3, 0.4) is 0 Å². The summed E-state index contributed by atoms with van der Waals surface area (Å²) in [6.45, 7) is 11.2. The number of carbonyl (C=O) groups is 2. The summed E-state index contributed by atoms with van der Waals surface area (Å²) in [5.74, 6) is 0.656. The Morgan fingerprint density at radius 2 is 1.76 bits per heavy atom. The number of fused-ring (bicyclic) bond motifs is 1. The number of hydrogen-bond acceptors (Lipinski definition) is 4. The van der Waals surface area contributed by atoms with Gasteiger partial charge in [-0.05, 0) is 77.6 Å². The molecule has 2 aromatic carbocycles. The first kappa shape index (κ1) is 26.9. The number of carbonyl (C=O) groups excluding carboxylic acids is 2. The Morgan fingerprint density at radius 1 is 1.08 bits per heavy atom. The topological polar surface area (TPSA) is 49.9 Å². The number of ether oxygens (including phenoxy) is 1. The molecule has 2 atom stereocenters. The zero-order chi connectivity index (χ0) is 26.7. The van der Waals surface area contributed by atoms with Crippen LogP contribution < -0.4 is 4.74 Å². The molecule has 2 heterocycles. The molecule has 3 aromatic rings. The number of benzene rings is 2. The minimum atomic E-state index is -0.173. The maximum absolute atomic E-state index is 13.9. The van der Waals surface area contributed by atoms with Crippen molar-refractivity contribution in [3.8, 4) is 5.75 Å². The van der Waals surface area contributed by atoms with E-state index in [-0.39, 0.29) is 35.9 Å². The van der Waals surface area contributed by atoms with Gasteiger partial charge in [-0.15, -0.1) is 11.3 Å². The van der Waals surface area contributed by atoms with Crippen molar-refractivity contribution in [2.45, 2.75) is 65.0 Å². The van der Waals surface area contributed by atoms with Gasteiger partial charge in [-0.2, -0.15) is 0 Å². The fraction of sp³-hybridized carbons (Fsp3) is 0.419. The third-order valence-electron chi connectivity index (χ3n) is 7.41. The summed E-state index contributed by atoms with van der Waals surface area (Å²) in [5.41, 5.74) is 4.03. The van der Waals surface area contributed by atoms with E-state index in [9.17, 15) is 9.59 Å². The molecule has 0 saturated heterocycles. The van der Waals surface area contributed by atoms with Crippen LogP contribution in [-0.2, 0) is 16.6 Å². The van der Waals surface area contributed by atoms with E-state index in [1.54, 1.807) is 23.3 Å². The third-order valence-corrected chi connectivity index (χ3v) is 8.40. The molecule has 196 valence electrons. The fourth-order valence-electron chi connectivity index (χ4n) is 4.89. The largest absolute Gasteiger partial charge is 0.497 e. The second-order valence-corrected chi connectivity index (χ2v) is 11.8. The van der Waals surface area contributed by atoms with Gasteiger partial charge in [0.1, 0.15) is 12.3 Å². The molecule has 1 aliphatic rings. The highest BCUT2D eigenvalue weighted by Crippen LogP contribution is 2.38. The predicted molar refractivity (Wildman–Crippen MR) is 151 cm³/mol. The van der Waals surface area contributed by atoms with Gasteiger partial charge in [-0.1, -0.05) is 52.0 Å². The Labute approximate surface area is 225 Å². The Hall–Kier alpha value is -3.12. The summed E-state index contributed by atoms with van der Waals surface area (Å²) in [6, 6.07) is 17.7. The van der Waals surface area contributed by atoms with Crippen molar-refractivity contribution in [3.05, 3.63) is 87.1 Å². The molecule has 5 nitrogen and oxygen atoms in total. The molecule has 4 rings (SSSR count). The van der Waals surface area contributed by atoms with Crippen LogP contribution in [-0.4, -0.2) is 47.9 Å². The first-order valence-corrected chi connectivity index (χ1v) is 13.9. The van der Waals surface area contributed by atoms with Gasteiger partial charge in [-0.3, -0.25) is 9.59 Å². The summed E-state index contributed by atoms with van der Waals surface area (Å²) < 4.78 is 5.35. The lowest BCUT2D eigenvalue weighted by molar-refractivity contribution is -0.134. The van der Waals surface area contributed by atoms with Gasteiger partial charge in [0.2, 0.25) is 5.91 Å². The molecule has 0 radical (unpaired) electrons. The Kier molecular flexibility index (Phi) is 8.08. The summed E-state index contributed by atoms with van der Waals surface area (Å²) in [7, 11) is 1.65. The van der Waals surface area contributed by atoms with Crippen molar-refractivity contribution in [3.63, 3.8) is 0 Å². The Morgan fingerprint density at radius 3 is 2.35 bits per heavy atom. The molecule has 0 N–H and O–H groups in total. The van der Waals surface area contributed by atoms with Crippen molar-refractivity contribution in [2.75, 3.05) is 20.2 Å². The average Bonchev–Trinajstić information content (AvgIpc) is 3.39. The first-order chi connectivity index (χ1) is 17.6. The van der Waals surface area contributed by atoms with Gasteiger partial charge in [0.15, 0.2) is 0 Å². The number of nitrogens with zero attached hydrogens (tertiary/aromatic N) is 2. The Balaban J connectivity index is 1.61. The van der Waals surface area contributed by atoms with E-state index in [0.29, 0.717) is 12.1 Å². The van der Waals surface area contributed by atoms with Crippen molar-refractivity contribution < 1.29 is 14.3 Å². The van der Waals surface area contributed by atoms with Crippen LogP contribution in [0.1, 0.15) is 79.0 Å². The fourth-order valence-corrected chi connectivity index (χ4v) is 5.80. The van der Waals surface area contributed by atoms with E-state index in [0.717, 1.165) is 24.2 Å². The molecule has 2 amide bonds. The number of thiophene rings is 1. The second-order valence-electron chi connectivity index (χ2n) is 10.8. The second kappa shape index (κ2) is 11.1. The molecule has 1 aliphatic heterocycles. The normalized spacial score (nSPS) is 16.2. The SMILES string of the molecule is CCC(C)N(CC(=O)N1CCc2sccc2C1c1ccc(OC)cc1)C(=O)c1ccc(C(C)(C)C)cc1. The number of rotatable bonds is 7. The van der Waals surface area contributed by atoms with Gasteiger partial charge in [0, 0.05) is 23.0 Å². The highest BCUT2D eigenvalue weighted by molar-refractivity contribution is 7.10. The van der Waals surface area contributed by atoms with Gasteiger partial charge < -0.3 is 14.5 Å². The lowest BCUT2D eigenvalue weighted by Crippen LogP contribution is -2.49. The summed E-state index contributed by atoms with van der Waals surface area (Å²) in [4.78, 5) is 32.5. The average molecular weight is 519 g/mol. The molecule has 1 aromatic heterocycles. The maximum atomic E-state index is 13.9. The third kappa shape index (κ3) is 5.74. The highest BCUT2D eigenvalue weighted by atomic mass is 32.1. The molecule has 0 saturated carbocycles. The monoisotopic (exact) mass is 518 g/mol. The van der Waals surface area contributed by atoms with Crippen LogP contribution in [0.5, 0.6) is 5.75 Å². The van der Waals surface area contributed by atoms with Gasteiger partial charge in [-0.25, -0.2) is 0 Å². The van der Waals surface area contributed by atoms with Crippen LogP contribution in [0.2, 0.25) is 0 Å². The highest BCUT2D eigenvalue weighted by Gasteiger charge is 2.35. The van der Waals surface area contributed by atoms with Gasteiger partial charge >= 0.3 is 0 Å². The summed E-state index contributed by atoms with van der Waals surface area (Å²) >= 11 is 1.75. The summed E-state index contributed by atoms with van der Waals surface area (Å²) in [5, 5.41) is 2.10. The predicted octanol–water partition coefficient (Wildman–Crippen LogP) is 6.47. The number of methoxy groups -OCH3 is 1. The van der Waals surface area contributed by atoms with Crippen LogP contribution in [0.4, 0.5) is 0 Å². The van der Waals surface area contributed by atoms with E-state index in [1.165, 1.54) is 16.0 Å². The van der Waals surface area contributed by atoms with E-state index in [2.05, 4.69) is 39.1 Å². The van der Waals surface area contributed by atoms with Crippen molar-refractivity contribution in [2.24, 2.45) is 0 Å². The standard InChI is InChI=1S/C31H38N2O3S/c1-7-21(2)33(30(35)23-8-12-24(13-9-23)31(3,4)5)20-28(34)32-18-16-27-26(17-19-37-27)29(32)22-10-14-25(36-6)15-11-22/h8-15,17,19,21,29H,7,16,18,20H2,1-6H3. The zero-order valence-electron chi connectivity index (χ0n) is 22.8. The molecule has 2 unspecified atom stereocenters. The van der Waals surface area contributed by atoms with Crippen LogP contribution in [0.25, 0.3) is 0 Å². The van der Waals surface area contributed by atoms with Crippen LogP contribution in [0, 0.1) is 0 Å². The van der Waals surface area contributed by atoms with Crippen LogP contribution in [0.15, 0.2) is 60.0 Å². The molecule has 0 spiro atoms. The minimum absolute atomic E-state index is 0.0131. The smallest absolute Gasteiger partial charge is 0.254 e. The first-order valence-electron chi connectivity index (χ1n) is 13.0. The molecule has 0 aliphatic carbocycles. The van der Waals surface area contributed by atoms with Gasteiger partial charge in [0.25, 0.3) is 5.91 Å². The lowest BCUT2D eigenvalue weighted by Gasteiger charge is -2.38. The number of amides is 2. The zero-order valence-corrected chi connectivity index (χ0v) is 23.6.